The van der Waals surface area contributed by atoms with E-state index in [0.717, 1.165) is 25.9 Å². The molecule has 0 radical (unpaired) electrons. The van der Waals surface area contributed by atoms with Gasteiger partial charge in [0.1, 0.15) is 11.4 Å². The molecule has 0 N–H and O–H groups in total. The molecule has 6 heteroatoms. The molecule has 0 saturated carbocycles. The Kier molecular flexibility index (Phi) is 6.26. The van der Waals surface area contributed by atoms with Gasteiger partial charge in [0.25, 0.3) is 0 Å². The van der Waals surface area contributed by atoms with Crippen molar-refractivity contribution in [2.75, 3.05) is 20.1 Å². The standard InChI is InChI=1S/C18H26BrFN2O2/c1-18(2,3)24-17(23)22(13-8-10-21(4)11-9-13)12-14-15(19)6-5-7-16(14)20/h5-7,13H,8-12H2,1-4H3. The molecule has 134 valence electrons. The van der Waals surface area contributed by atoms with Crippen LogP contribution in [0.5, 0.6) is 0 Å². The lowest BCUT2D eigenvalue weighted by molar-refractivity contribution is 0.00661. The molecule has 1 saturated heterocycles. The Morgan fingerprint density at radius 3 is 2.54 bits per heavy atom. The first-order valence-electron chi connectivity index (χ1n) is 8.28. The van der Waals surface area contributed by atoms with Crippen LogP contribution in [0.4, 0.5) is 9.18 Å². The molecule has 1 fully saturated rings. The summed E-state index contributed by atoms with van der Waals surface area (Å²) in [5.74, 6) is -0.314. The monoisotopic (exact) mass is 400 g/mol. The van der Waals surface area contributed by atoms with Gasteiger partial charge in [-0.2, -0.15) is 0 Å². The highest BCUT2D eigenvalue weighted by Gasteiger charge is 2.31. The van der Waals surface area contributed by atoms with Crippen molar-refractivity contribution in [3.63, 3.8) is 0 Å². The van der Waals surface area contributed by atoms with Crippen molar-refractivity contribution < 1.29 is 13.9 Å². The highest BCUT2D eigenvalue weighted by molar-refractivity contribution is 9.10. The van der Waals surface area contributed by atoms with E-state index in [2.05, 4.69) is 27.9 Å². The second-order valence-electron chi connectivity index (χ2n) is 7.34. The second kappa shape index (κ2) is 7.83. The first kappa shape index (κ1) is 19.2. The highest BCUT2D eigenvalue weighted by atomic mass is 79.9. The molecule has 0 aliphatic carbocycles. The lowest BCUT2D eigenvalue weighted by atomic mass is 10.0. The molecule has 1 aromatic carbocycles. The zero-order valence-electron chi connectivity index (χ0n) is 14.8. The summed E-state index contributed by atoms with van der Waals surface area (Å²) in [5, 5.41) is 0. The van der Waals surface area contributed by atoms with E-state index in [0.29, 0.717) is 10.0 Å². The Bertz CT molecular complexity index is 561. The highest BCUT2D eigenvalue weighted by Crippen LogP contribution is 2.26. The number of rotatable bonds is 3. The minimum atomic E-state index is -0.576. The summed E-state index contributed by atoms with van der Waals surface area (Å²) in [6, 6.07) is 4.92. The molecular weight excluding hydrogens is 375 g/mol. The predicted molar refractivity (Wildman–Crippen MR) is 96.4 cm³/mol. The van der Waals surface area contributed by atoms with E-state index in [-0.39, 0.29) is 24.5 Å². The zero-order chi connectivity index (χ0) is 17.9. The van der Waals surface area contributed by atoms with Gasteiger partial charge in [0, 0.05) is 16.1 Å². The summed E-state index contributed by atoms with van der Waals surface area (Å²) in [7, 11) is 2.07. The molecule has 0 unspecified atom stereocenters. The van der Waals surface area contributed by atoms with E-state index in [1.54, 1.807) is 17.0 Å². The molecule has 0 aromatic heterocycles. The quantitative estimate of drug-likeness (QED) is 0.752. The molecule has 0 bridgehead atoms. The van der Waals surface area contributed by atoms with Crippen LogP contribution in [0.15, 0.2) is 22.7 Å². The summed E-state index contributed by atoms with van der Waals surface area (Å²) in [6.07, 6.45) is 1.34. The van der Waals surface area contributed by atoms with Crippen LogP contribution in [-0.4, -0.2) is 47.7 Å². The normalized spacial score (nSPS) is 16.9. The average molecular weight is 401 g/mol. The fourth-order valence-electron chi connectivity index (χ4n) is 2.82. The zero-order valence-corrected chi connectivity index (χ0v) is 16.4. The third kappa shape index (κ3) is 5.18. The summed E-state index contributed by atoms with van der Waals surface area (Å²) in [4.78, 5) is 16.6. The number of benzene rings is 1. The largest absolute Gasteiger partial charge is 0.444 e. The fraction of sp³-hybridized carbons (Fsp3) is 0.611. The lowest BCUT2D eigenvalue weighted by Crippen LogP contribution is -2.47. The number of carbonyl (C=O) groups excluding carboxylic acids is 1. The van der Waals surface area contributed by atoms with Crippen molar-refractivity contribution in [1.82, 2.24) is 9.80 Å². The molecule has 1 heterocycles. The van der Waals surface area contributed by atoms with E-state index in [1.807, 2.05) is 20.8 Å². The van der Waals surface area contributed by atoms with Gasteiger partial charge in [0.15, 0.2) is 0 Å². The van der Waals surface area contributed by atoms with Crippen LogP contribution in [0.25, 0.3) is 0 Å². The molecule has 1 aliphatic rings. The molecule has 24 heavy (non-hydrogen) atoms. The molecule has 1 aromatic rings. The van der Waals surface area contributed by atoms with Crippen molar-refractivity contribution in [1.29, 1.82) is 0 Å². The topological polar surface area (TPSA) is 32.8 Å². The van der Waals surface area contributed by atoms with Gasteiger partial charge in [-0.25, -0.2) is 9.18 Å². The first-order chi connectivity index (χ1) is 11.2. The Morgan fingerprint density at radius 2 is 2.00 bits per heavy atom. The van der Waals surface area contributed by atoms with Gasteiger partial charge in [0.2, 0.25) is 0 Å². The fourth-order valence-corrected chi connectivity index (χ4v) is 3.29. The number of halogens is 2. The Balaban J connectivity index is 2.23. The van der Waals surface area contributed by atoms with Gasteiger partial charge < -0.3 is 14.5 Å². The van der Waals surface area contributed by atoms with Crippen LogP contribution in [-0.2, 0) is 11.3 Å². The summed E-state index contributed by atoms with van der Waals surface area (Å²) in [5.41, 5.74) is -0.0879. The van der Waals surface area contributed by atoms with Crippen LogP contribution >= 0.6 is 15.9 Å². The smallest absolute Gasteiger partial charge is 0.410 e. The SMILES string of the molecule is CN1CCC(N(Cc2c(F)cccc2Br)C(=O)OC(C)(C)C)CC1. The third-order valence-electron chi connectivity index (χ3n) is 4.15. The molecule has 2 rings (SSSR count). The summed E-state index contributed by atoms with van der Waals surface area (Å²) in [6.45, 7) is 7.57. The number of amides is 1. The number of hydrogen-bond donors (Lipinski definition) is 0. The first-order valence-corrected chi connectivity index (χ1v) is 9.08. The predicted octanol–water partition coefficient (Wildman–Crippen LogP) is 4.42. The van der Waals surface area contributed by atoms with Crippen LogP contribution in [0, 0.1) is 5.82 Å². The molecular formula is C18H26BrFN2O2. The van der Waals surface area contributed by atoms with Gasteiger partial charge >= 0.3 is 6.09 Å². The maximum atomic E-state index is 14.2. The van der Waals surface area contributed by atoms with Gasteiger partial charge in [-0.1, -0.05) is 22.0 Å². The van der Waals surface area contributed by atoms with Gasteiger partial charge in [0.05, 0.1) is 6.54 Å². The molecule has 0 spiro atoms. The number of likely N-dealkylation sites (tertiary alicyclic amines) is 1. The summed E-state index contributed by atoms with van der Waals surface area (Å²) >= 11 is 3.39. The number of ether oxygens (including phenoxy) is 1. The van der Waals surface area contributed by atoms with Crippen LogP contribution in [0.3, 0.4) is 0 Å². The van der Waals surface area contributed by atoms with Crippen LogP contribution in [0.2, 0.25) is 0 Å². The minimum absolute atomic E-state index is 0.0579. The van der Waals surface area contributed by atoms with Crippen molar-refractivity contribution in [3.05, 3.63) is 34.1 Å². The van der Waals surface area contributed by atoms with Crippen molar-refractivity contribution in [2.45, 2.75) is 51.8 Å². The van der Waals surface area contributed by atoms with Crippen LogP contribution < -0.4 is 0 Å². The minimum Gasteiger partial charge on any atom is -0.444 e. The molecule has 0 atom stereocenters. The Labute approximate surface area is 152 Å². The van der Waals surface area contributed by atoms with Gasteiger partial charge in [-0.3, -0.25) is 0 Å². The number of carbonyl (C=O) groups is 1. The van der Waals surface area contributed by atoms with Gasteiger partial charge in [-0.15, -0.1) is 0 Å². The maximum absolute atomic E-state index is 14.2. The molecule has 1 aliphatic heterocycles. The second-order valence-corrected chi connectivity index (χ2v) is 8.20. The van der Waals surface area contributed by atoms with E-state index < -0.39 is 5.60 Å². The van der Waals surface area contributed by atoms with Gasteiger partial charge in [-0.05, 0) is 65.9 Å². The van der Waals surface area contributed by atoms with Crippen molar-refractivity contribution >= 4 is 22.0 Å². The molecule has 4 nitrogen and oxygen atoms in total. The van der Waals surface area contributed by atoms with Crippen molar-refractivity contribution in [3.8, 4) is 0 Å². The van der Waals surface area contributed by atoms with E-state index >= 15 is 0 Å². The van der Waals surface area contributed by atoms with E-state index in [9.17, 15) is 9.18 Å². The van der Waals surface area contributed by atoms with E-state index in [4.69, 9.17) is 4.74 Å². The third-order valence-corrected chi connectivity index (χ3v) is 4.89. The number of piperidine rings is 1. The summed E-state index contributed by atoms with van der Waals surface area (Å²) < 4.78 is 20.5. The van der Waals surface area contributed by atoms with Crippen LogP contribution in [0.1, 0.15) is 39.2 Å². The lowest BCUT2D eigenvalue weighted by Gasteiger charge is -2.38. The number of hydrogen-bond acceptors (Lipinski definition) is 3. The van der Waals surface area contributed by atoms with E-state index in [1.165, 1.54) is 6.07 Å². The Hall–Kier alpha value is -1.14. The molecule has 1 amide bonds. The Morgan fingerprint density at radius 1 is 1.38 bits per heavy atom. The maximum Gasteiger partial charge on any atom is 0.410 e. The average Bonchev–Trinajstić information content (AvgIpc) is 2.46. The van der Waals surface area contributed by atoms with Crippen molar-refractivity contribution in [2.24, 2.45) is 0 Å². The number of nitrogens with zero attached hydrogens (tertiary/aromatic N) is 2.